The van der Waals surface area contributed by atoms with E-state index in [-0.39, 0.29) is 12.3 Å². The zero-order chi connectivity index (χ0) is 25.5. The summed E-state index contributed by atoms with van der Waals surface area (Å²) in [5.74, 6) is -1.89. The van der Waals surface area contributed by atoms with Crippen LogP contribution in [0.3, 0.4) is 0 Å². The van der Waals surface area contributed by atoms with Gasteiger partial charge in [0.15, 0.2) is 6.61 Å². The number of carbonyl (C=O) groups excluding carboxylic acids is 4. The van der Waals surface area contributed by atoms with E-state index in [4.69, 9.17) is 39.5 Å². The quantitative estimate of drug-likeness (QED) is 0.214. The standard InChI is InChI=1S/C21H23Cl3N2O7S/c1-12(2)16(19(29)31-9-13-7-5-4-6-8-13)26-17(28)15(18(26)34-3)25-14(27)10-32-20(30)33-11-21(22,23)24/h4-8,15,18H,9-11H2,1-3H3,(H,25,27). The van der Waals surface area contributed by atoms with Crippen LogP contribution in [0, 0.1) is 0 Å². The van der Waals surface area contributed by atoms with Crippen LogP contribution < -0.4 is 5.32 Å². The summed E-state index contributed by atoms with van der Waals surface area (Å²) in [6.45, 7) is 2.15. The van der Waals surface area contributed by atoms with E-state index < -0.39 is 52.4 Å². The zero-order valence-corrected chi connectivity index (χ0v) is 21.6. The van der Waals surface area contributed by atoms with E-state index >= 15 is 0 Å². The molecule has 13 heteroatoms. The van der Waals surface area contributed by atoms with Crippen molar-refractivity contribution in [1.82, 2.24) is 10.2 Å². The van der Waals surface area contributed by atoms with E-state index in [1.54, 1.807) is 20.1 Å². The second-order valence-corrected chi connectivity index (χ2v) is 10.7. The number of amides is 2. The molecular formula is C21H23Cl3N2O7S. The van der Waals surface area contributed by atoms with Crippen molar-refractivity contribution in [3.05, 3.63) is 47.2 Å². The largest absolute Gasteiger partial charge is 0.508 e. The molecule has 0 aliphatic carbocycles. The first-order chi connectivity index (χ1) is 15.9. The summed E-state index contributed by atoms with van der Waals surface area (Å²) >= 11 is 17.6. The Hall–Kier alpha value is -2.14. The Kier molecular flexibility index (Phi) is 10.4. The van der Waals surface area contributed by atoms with Crippen molar-refractivity contribution in [2.24, 2.45) is 0 Å². The number of nitrogens with zero attached hydrogens (tertiary/aromatic N) is 1. The summed E-state index contributed by atoms with van der Waals surface area (Å²) in [4.78, 5) is 50.5. The van der Waals surface area contributed by atoms with Crippen molar-refractivity contribution in [2.45, 2.75) is 35.7 Å². The van der Waals surface area contributed by atoms with Crippen LogP contribution in [0.5, 0.6) is 0 Å². The van der Waals surface area contributed by atoms with E-state index in [0.717, 1.165) is 5.56 Å². The number of allylic oxidation sites excluding steroid dienone is 1. The highest BCUT2D eigenvalue weighted by molar-refractivity contribution is 7.99. The second kappa shape index (κ2) is 12.5. The third-order valence-electron chi connectivity index (χ3n) is 4.40. The molecule has 34 heavy (non-hydrogen) atoms. The average Bonchev–Trinajstić information content (AvgIpc) is 2.78. The lowest BCUT2D eigenvalue weighted by molar-refractivity contribution is -0.153. The third-order valence-corrected chi connectivity index (χ3v) is 5.69. The van der Waals surface area contributed by atoms with Gasteiger partial charge >= 0.3 is 12.1 Å². The molecule has 1 aliphatic heterocycles. The van der Waals surface area contributed by atoms with Crippen LogP contribution in [0.4, 0.5) is 4.79 Å². The lowest BCUT2D eigenvalue weighted by Gasteiger charge is -2.46. The van der Waals surface area contributed by atoms with Crippen LogP contribution in [-0.4, -0.2) is 63.5 Å². The molecule has 2 rings (SSSR count). The van der Waals surface area contributed by atoms with Gasteiger partial charge in [0.2, 0.25) is 3.79 Å². The number of hydrogen-bond donors (Lipinski definition) is 1. The number of thioether (sulfide) groups is 1. The van der Waals surface area contributed by atoms with Crippen molar-refractivity contribution >= 4 is 70.5 Å². The number of rotatable bonds is 9. The number of halogens is 3. The maximum Gasteiger partial charge on any atom is 0.508 e. The minimum Gasteiger partial charge on any atom is -0.456 e. The fourth-order valence-electron chi connectivity index (χ4n) is 2.93. The van der Waals surface area contributed by atoms with Gasteiger partial charge in [-0.3, -0.25) is 14.5 Å². The molecular weight excluding hydrogens is 531 g/mol. The Labute approximate surface area is 216 Å². The number of benzene rings is 1. The van der Waals surface area contributed by atoms with Crippen LogP contribution in [0.1, 0.15) is 19.4 Å². The van der Waals surface area contributed by atoms with Crippen LogP contribution >= 0.6 is 46.6 Å². The molecule has 9 nitrogen and oxygen atoms in total. The SMILES string of the molecule is CSC1C(NC(=O)COC(=O)OCC(Cl)(Cl)Cl)C(=O)N1C(C(=O)OCc1ccccc1)=C(C)C. The van der Waals surface area contributed by atoms with Gasteiger partial charge in [-0.2, -0.15) is 0 Å². The Morgan fingerprint density at radius 1 is 1.09 bits per heavy atom. The normalized spacial score (nSPS) is 17.4. The predicted molar refractivity (Wildman–Crippen MR) is 128 cm³/mol. The monoisotopic (exact) mass is 552 g/mol. The number of nitrogens with one attached hydrogen (secondary N) is 1. The van der Waals surface area contributed by atoms with Gasteiger partial charge in [0.05, 0.1) is 0 Å². The fraction of sp³-hybridized carbons (Fsp3) is 0.429. The first-order valence-electron chi connectivity index (χ1n) is 9.84. The molecule has 1 aliphatic rings. The molecule has 0 aromatic heterocycles. The summed E-state index contributed by atoms with van der Waals surface area (Å²) in [6.07, 6.45) is 0.517. The summed E-state index contributed by atoms with van der Waals surface area (Å²) in [5, 5.41) is 1.91. The van der Waals surface area contributed by atoms with Gasteiger partial charge in [-0.05, 0) is 31.2 Å². The number of carbonyl (C=O) groups is 4. The smallest absolute Gasteiger partial charge is 0.456 e. The van der Waals surface area contributed by atoms with Crippen LogP contribution in [0.15, 0.2) is 41.6 Å². The molecule has 1 fully saturated rings. The molecule has 1 N–H and O–H groups in total. The second-order valence-electron chi connectivity index (χ2n) is 7.23. The summed E-state index contributed by atoms with van der Waals surface area (Å²) in [5.41, 5.74) is 1.49. The lowest BCUT2D eigenvalue weighted by atomic mass is 10.0. The molecule has 0 bridgehead atoms. The Morgan fingerprint density at radius 2 is 1.74 bits per heavy atom. The summed E-state index contributed by atoms with van der Waals surface area (Å²) in [7, 11) is 0. The molecule has 1 heterocycles. The molecule has 1 saturated heterocycles. The highest BCUT2D eigenvalue weighted by Gasteiger charge is 2.51. The highest BCUT2D eigenvalue weighted by atomic mass is 35.6. The fourth-order valence-corrected chi connectivity index (χ4v) is 3.97. The van der Waals surface area contributed by atoms with Crippen molar-refractivity contribution in [3.63, 3.8) is 0 Å². The van der Waals surface area contributed by atoms with Crippen molar-refractivity contribution in [1.29, 1.82) is 0 Å². The first-order valence-corrected chi connectivity index (χ1v) is 12.3. The zero-order valence-electron chi connectivity index (χ0n) is 18.5. The predicted octanol–water partition coefficient (Wildman–Crippen LogP) is 3.56. The minimum absolute atomic E-state index is 0.0499. The number of ether oxygens (including phenoxy) is 3. The molecule has 0 radical (unpaired) electrons. The van der Waals surface area contributed by atoms with E-state index in [0.29, 0.717) is 5.57 Å². The molecule has 0 spiro atoms. The molecule has 2 atom stereocenters. The van der Waals surface area contributed by atoms with Crippen molar-refractivity contribution in [2.75, 3.05) is 19.5 Å². The van der Waals surface area contributed by atoms with Gasteiger partial charge in [-0.25, -0.2) is 9.59 Å². The molecule has 1 aromatic carbocycles. The van der Waals surface area contributed by atoms with E-state index in [1.807, 2.05) is 30.3 Å². The number of β-lactam (4-membered cyclic amide) rings is 1. The number of hydrogen-bond acceptors (Lipinski definition) is 8. The van der Waals surface area contributed by atoms with E-state index in [1.165, 1.54) is 16.7 Å². The van der Waals surface area contributed by atoms with Gasteiger partial charge < -0.3 is 19.5 Å². The van der Waals surface area contributed by atoms with Crippen LogP contribution in [0.2, 0.25) is 0 Å². The molecule has 1 aromatic rings. The average molecular weight is 554 g/mol. The van der Waals surface area contributed by atoms with Crippen molar-refractivity contribution < 1.29 is 33.4 Å². The highest BCUT2D eigenvalue weighted by Crippen LogP contribution is 2.34. The minimum atomic E-state index is -1.82. The van der Waals surface area contributed by atoms with Gasteiger partial charge in [-0.1, -0.05) is 65.1 Å². The topological polar surface area (TPSA) is 111 Å². The Morgan fingerprint density at radius 3 is 2.29 bits per heavy atom. The number of alkyl halides is 3. The lowest BCUT2D eigenvalue weighted by Crippen LogP contribution is -2.69. The number of esters is 1. The van der Waals surface area contributed by atoms with Crippen LogP contribution in [-0.2, 0) is 35.2 Å². The molecule has 2 amide bonds. The molecule has 0 saturated carbocycles. The molecule has 2 unspecified atom stereocenters. The Balaban J connectivity index is 1.94. The maximum atomic E-state index is 12.8. The summed E-state index contributed by atoms with van der Waals surface area (Å²) in [6, 6.07) is 8.20. The van der Waals surface area contributed by atoms with E-state index in [9.17, 15) is 19.2 Å². The van der Waals surface area contributed by atoms with Gasteiger partial charge in [0.1, 0.15) is 30.3 Å². The van der Waals surface area contributed by atoms with E-state index in [2.05, 4.69) is 14.8 Å². The van der Waals surface area contributed by atoms with Crippen molar-refractivity contribution in [3.8, 4) is 0 Å². The van der Waals surface area contributed by atoms with Gasteiger partial charge in [0, 0.05) is 0 Å². The first kappa shape index (κ1) is 28.1. The maximum absolute atomic E-state index is 12.8. The molecule has 186 valence electrons. The van der Waals surface area contributed by atoms with Gasteiger partial charge in [-0.15, -0.1) is 11.8 Å². The third kappa shape index (κ3) is 7.97. The van der Waals surface area contributed by atoms with Crippen LogP contribution in [0.25, 0.3) is 0 Å². The Bertz CT molecular complexity index is 949. The van der Waals surface area contributed by atoms with Gasteiger partial charge in [0.25, 0.3) is 11.8 Å². The summed E-state index contributed by atoms with van der Waals surface area (Å²) < 4.78 is 12.8. The number of likely N-dealkylation sites (tertiary alicyclic amines) is 1.